The van der Waals surface area contributed by atoms with E-state index in [0.29, 0.717) is 5.92 Å². The van der Waals surface area contributed by atoms with E-state index in [9.17, 15) is 0 Å². The third kappa shape index (κ3) is 2.81. The summed E-state index contributed by atoms with van der Waals surface area (Å²) in [6.45, 7) is 2.39. The molecule has 0 aliphatic carbocycles. The van der Waals surface area contributed by atoms with Gasteiger partial charge in [0.15, 0.2) is 0 Å². The lowest BCUT2D eigenvalue weighted by Crippen LogP contribution is -2.29. The zero-order valence-corrected chi connectivity index (χ0v) is 7.35. The number of nitrogens with zero attached hydrogens (tertiary/aromatic N) is 1. The predicted octanol–water partition coefficient (Wildman–Crippen LogP) is 0.508. The average molecular weight is 152 g/mol. The van der Waals surface area contributed by atoms with Gasteiger partial charge in [0.05, 0.1) is 0 Å². The van der Waals surface area contributed by atoms with Gasteiger partial charge in [-0.25, -0.2) is 0 Å². The first-order valence-corrected chi connectivity index (χ1v) is 4.18. The van der Waals surface area contributed by atoms with Gasteiger partial charge in [0, 0.05) is 19.0 Å². The molecule has 0 radical (unpaired) electrons. The molecule has 0 unspecified atom stereocenters. The highest BCUT2D eigenvalue weighted by Gasteiger charge is 2.13. The van der Waals surface area contributed by atoms with E-state index in [-0.39, 0.29) is 0 Å². The van der Waals surface area contributed by atoms with Gasteiger partial charge in [0.2, 0.25) is 0 Å². The number of piperidine rings is 1. The monoisotopic (exact) mass is 152 g/mol. The van der Waals surface area contributed by atoms with Gasteiger partial charge in [0.25, 0.3) is 0 Å². The summed E-state index contributed by atoms with van der Waals surface area (Å²) in [7, 11) is 4.03. The molecule has 0 aromatic carbocycles. The molecule has 0 aromatic heterocycles. The van der Waals surface area contributed by atoms with Crippen LogP contribution in [0, 0.1) is 17.9 Å². The lowest BCUT2D eigenvalue weighted by molar-refractivity contribution is 0.248. The third-order valence-electron chi connectivity index (χ3n) is 2.12. The number of nitrogens with one attached hydrogen (secondary N) is 1. The molecule has 62 valence electrons. The lowest BCUT2D eigenvalue weighted by Gasteiger charge is -2.25. The first kappa shape index (κ1) is 8.42. The molecule has 1 fully saturated rings. The number of hydrogen-bond acceptors (Lipinski definition) is 2. The molecule has 1 rings (SSSR count). The Morgan fingerprint density at radius 1 is 1.36 bits per heavy atom. The van der Waals surface area contributed by atoms with Crippen LogP contribution in [0.1, 0.15) is 12.8 Å². The van der Waals surface area contributed by atoms with E-state index in [0.717, 1.165) is 0 Å². The van der Waals surface area contributed by atoms with Crippen molar-refractivity contribution in [2.75, 3.05) is 27.2 Å². The topological polar surface area (TPSA) is 15.3 Å². The maximum atomic E-state index is 3.20. The van der Waals surface area contributed by atoms with Crippen molar-refractivity contribution in [2.45, 2.75) is 12.8 Å². The highest BCUT2D eigenvalue weighted by atomic mass is 15.1. The van der Waals surface area contributed by atoms with Crippen molar-refractivity contribution in [3.63, 3.8) is 0 Å². The molecule has 0 spiro atoms. The summed E-state index contributed by atoms with van der Waals surface area (Å²) in [6.07, 6.45) is 2.45. The Morgan fingerprint density at radius 3 is 2.55 bits per heavy atom. The summed E-state index contributed by atoms with van der Waals surface area (Å²) in [5.41, 5.74) is 0. The standard InChI is InChI=1S/C9H16N2/c1-10-6-3-9-4-7-11(2)8-5-9/h9-10H,4-5,7-8H2,1-2H3. The molecule has 1 heterocycles. The molecule has 2 nitrogen and oxygen atoms in total. The van der Waals surface area contributed by atoms with Crippen LogP contribution in [0.15, 0.2) is 0 Å². The van der Waals surface area contributed by atoms with Crippen molar-refractivity contribution in [1.82, 2.24) is 10.2 Å². The summed E-state index contributed by atoms with van der Waals surface area (Å²) in [4.78, 5) is 2.36. The van der Waals surface area contributed by atoms with Crippen LogP contribution in [-0.2, 0) is 0 Å². The Bertz CT molecular complexity index is 158. The lowest BCUT2D eigenvalue weighted by atomic mass is 9.98. The van der Waals surface area contributed by atoms with E-state index >= 15 is 0 Å². The second-order valence-electron chi connectivity index (χ2n) is 3.10. The summed E-state index contributed by atoms with van der Waals surface area (Å²) in [6, 6.07) is 2.91. The van der Waals surface area contributed by atoms with Crippen molar-refractivity contribution in [1.29, 1.82) is 0 Å². The zero-order chi connectivity index (χ0) is 8.10. The van der Waals surface area contributed by atoms with Gasteiger partial charge in [-0.05, 0) is 33.0 Å². The molecule has 0 saturated carbocycles. The Morgan fingerprint density at radius 2 is 2.00 bits per heavy atom. The zero-order valence-electron chi connectivity index (χ0n) is 7.35. The van der Waals surface area contributed by atoms with E-state index < -0.39 is 0 Å². The molecule has 0 amide bonds. The van der Waals surface area contributed by atoms with Crippen molar-refractivity contribution in [3.05, 3.63) is 0 Å². The van der Waals surface area contributed by atoms with Crippen molar-refractivity contribution in [2.24, 2.45) is 5.92 Å². The molecule has 0 atom stereocenters. The molecular weight excluding hydrogens is 136 g/mol. The minimum atomic E-state index is 0.624. The van der Waals surface area contributed by atoms with Crippen LogP contribution in [0.25, 0.3) is 0 Å². The van der Waals surface area contributed by atoms with Crippen molar-refractivity contribution < 1.29 is 0 Å². The van der Waals surface area contributed by atoms with Crippen molar-refractivity contribution >= 4 is 0 Å². The van der Waals surface area contributed by atoms with E-state index in [2.05, 4.69) is 29.2 Å². The number of rotatable bonds is 0. The Labute approximate surface area is 69.0 Å². The molecule has 1 saturated heterocycles. The maximum Gasteiger partial charge on any atom is 0.0245 e. The predicted molar refractivity (Wildman–Crippen MR) is 47.1 cm³/mol. The van der Waals surface area contributed by atoms with Gasteiger partial charge in [-0.1, -0.05) is 5.92 Å². The van der Waals surface area contributed by atoms with Crippen molar-refractivity contribution in [3.8, 4) is 12.0 Å². The minimum Gasteiger partial charge on any atom is -0.349 e. The Balaban J connectivity index is 2.28. The molecule has 1 N–H and O–H groups in total. The Kier molecular flexibility index (Phi) is 3.25. The SMILES string of the molecule is CNC#CC1CCN(C)CC1. The molecular formula is C9H16N2. The summed E-state index contributed by atoms with van der Waals surface area (Å²) >= 11 is 0. The molecule has 0 aromatic rings. The fourth-order valence-electron chi connectivity index (χ4n) is 1.33. The maximum absolute atomic E-state index is 3.20. The normalized spacial score (nSPS) is 20.5. The van der Waals surface area contributed by atoms with Crippen LogP contribution in [-0.4, -0.2) is 32.1 Å². The van der Waals surface area contributed by atoms with E-state index in [4.69, 9.17) is 0 Å². The first-order chi connectivity index (χ1) is 5.33. The third-order valence-corrected chi connectivity index (χ3v) is 2.12. The average Bonchev–Trinajstić information content (AvgIpc) is 2.04. The van der Waals surface area contributed by atoms with Gasteiger partial charge in [-0.15, -0.1) is 0 Å². The van der Waals surface area contributed by atoms with Gasteiger partial charge in [-0.2, -0.15) is 0 Å². The van der Waals surface area contributed by atoms with Crippen LogP contribution in [0.4, 0.5) is 0 Å². The van der Waals surface area contributed by atoms with E-state index in [1.807, 2.05) is 7.05 Å². The number of hydrogen-bond donors (Lipinski definition) is 1. The van der Waals surface area contributed by atoms with Gasteiger partial charge in [0.1, 0.15) is 0 Å². The van der Waals surface area contributed by atoms with Crippen LogP contribution < -0.4 is 5.32 Å². The summed E-state index contributed by atoms with van der Waals surface area (Å²) < 4.78 is 0. The van der Waals surface area contributed by atoms with Gasteiger partial charge in [-0.3, -0.25) is 0 Å². The van der Waals surface area contributed by atoms with Gasteiger partial charge < -0.3 is 10.2 Å². The van der Waals surface area contributed by atoms with Gasteiger partial charge >= 0.3 is 0 Å². The summed E-state index contributed by atoms with van der Waals surface area (Å²) in [5.74, 6) is 3.83. The molecule has 0 bridgehead atoms. The smallest absolute Gasteiger partial charge is 0.0245 e. The van der Waals surface area contributed by atoms with Crippen LogP contribution in [0.5, 0.6) is 0 Å². The largest absolute Gasteiger partial charge is 0.349 e. The van der Waals surface area contributed by atoms with E-state index in [1.165, 1.54) is 25.9 Å². The number of likely N-dealkylation sites (tertiary alicyclic amines) is 1. The fourth-order valence-corrected chi connectivity index (χ4v) is 1.33. The molecule has 2 heteroatoms. The second kappa shape index (κ2) is 4.25. The Hall–Kier alpha value is -0.680. The molecule has 11 heavy (non-hydrogen) atoms. The quantitative estimate of drug-likeness (QED) is 0.402. The molecule has 1 aliphatic heterocycles. The minimum absolute atomic E-state index is 0.624. The highest BCUT2D eigenvalue weighted by Crippen LogP contribution is 2.13. The fraction of sp³-hybridized carbons (Fsp3) is 0.778. The molecule has 1 aliphatic rings. The second-order valence-corrected chi connectivity index (χ2v) is 3.10. The van der Waals surface area contributed by atoms with Crippen LogP contribution in [0.2, 0.25) is 0 Å². The first-order valence-electron chi connectivity index (χ1n) is 4.18. The summed E-state index contributed by atoms with van der Waals surface area (Å²) in [5, 5.41) is 2.85. The highest BCUT2D eigenvalue weighted by molar-refractivity contribution is 5.02. The van der Waals surface area contributed by atoms with E-state index in [1.54, 1.807) is 0 Å². The van der Waals surface area contributed by atoms with Crippen LogP contribution in [0.3, 0.4) is 0 Å². The van der Waals surface area contributed by atoms with Crippen LogP contribution >= 0.6 is 0 Å².